The van der Waals surface area contributed by atoms with Crippen LogP contribution in [0, 0.1) is 12.7 Å². The Morgan fingerprint density at radius 1 is 1.23 bits per heavy atom. The number of nitrogens with one attached hydrogen (secondary N) is 2. The summed E-state index contributed by atoms with van der Waals surface area (Å²) in [5.41, 5.74) is 2.71. The van der Waals surface area contributed by atoms with E-state index in [1.807, 2.05) is 6.07 Å². The van der Waals surface area contributed by atoms with Crippen LogP contribution in [0.25, 0.3) is 11.0 Å². The Balaban J connectivity index is 1.42. The average Bonchev–Trinajstić information content (AvgIpc) is 2.75. The lowest BCUT2D eigenvalue weighted by Gasteiger charge is -2.36. The molecule has 0 radical (unpaired) electrons. The number of anilines is 1. The number of halogens is 1. The van der Waals surface area contributed by atoms with Gasteiger partial charge in [-0.05, 0) is 36.8 Å². The molecule has 3 aromatic rings. The molecule has 0 bridgehead atoms. The summed E-state index contributed by atoms with van der Waals surface area (Å²) in [5.74, 6) is -0.636. The fourth-order valence-electron chi connectivity index (χ4n) is 3.64. The molecule has 0 unspecified atom stereocenters. The summed E-state index contributed by atoms with van der Waals surface area (Å²) < 4.78 is 14.5. The summed E-state index contributed by atoms with van der Waals surface area (Å²) in [7, 11) is 1.58. The molecule has 1 aromatic carbocycles. The number of aryl methyl sites for hydroxylation is 1. The summed E-state index contributed by atoms with van der Waals surface area (Å²) in [6.45, 7) is 5.36. The molecule has 0 atom stereocenters. The number of aromatic amines is 1. The van der Waals surface area contributed by atoms with Crippen LogP contribution in [0.15, 0.2) is 35.3 Å². The number of nitrogens with zero attached hydrogens (tertiary/aromatic N) is 4. The van der Waals surface area contributed by atoms with Crippen molar-refractivity contribution in [2.45, 2.75) is 13.5 Å². The van der Waals surface area contributed by atoms with E-state index in [2.05, 4.69) is 30.1 Å². The van der Waals surface area contributed by atoms with E-state index in [-0.39, 0.29) is 22.7 Å². The molecule has 9 heteroatoms. The van der Waals surface area contributed by atoms with Gasteiger partial charge in [-0.1, -0.05) is 0 Å². The second-order valence-electron chi connectivity index (χ2n) is 7.37. The number of benzene rings is 1. The van der Waals surface area contributed by atoms with Crippen LogP contribution in [0.1, 0.15) is 21.7 Å². The van der Waals surface area contributed by atoms with Gasteiger partial charge in [-0.25, -0.2) is 14.4 Å². The standard InChI is InChI=1S/C21H23FN6O2/c1-13-20(29)26-18-10-14(9-16(22)19(18)25-13)12-27-5-7-28(8-6-27)15-3-4-17(24-11-15)21(30)23-2/h3-4,9-11H,5-8,12H2,1-2H3,(H,23,30)(H,26,29). The summed E-state index contributed by atoms with van der Waals surface area (Å²) in [6, 6.07) is 6.90. The second-order valence-corrected chi connectivity index (χ2v) is 7.37. The number of rotatable bonds is 4. The van der Waals surface area contributed by atoms with Crippen LogP contribution in [-0.2, 0) is 6.54 Å². The fraction of sp³-hybridized carbons (Fsp3) is 0.333. The lowest BCUT2D eigenvalue weighted by Crippen LogP contribution is -2.46. The van der Waals surface area contributed by atoms with Crippen molar-refractivity contribution in [2.75, 3.05) is 38.1 Å². The van der Waals surface area contributed by atoms with Gasteiger partial charge in [-0.15, -0.1) is 0 Å². The van der Waals surface area contributed by atoms with E-state index in [9.17, 15) is 14.0 Å². The van der Waals surface area contributed by atoms with Crippen LogP contribution in [-0.4, -0.2) is 59.0 Å². The predicted molar refractivity (Wildman–Crippen MR) is 112 cm³/mol. The molecule has 1 saturated heterocycles. The maximum absolute atomic E-state index is 14.5. The van der Waals surface area contributed by atoms with Crippen LogP contribution in [0.4, 0.5) is 10.1 Å². The van der Waals surface area contributed by atoms with Crippen molar-refractivity contribution in [3.05, 3.63) is 63.6 Å². The number of H-pyrrole nitrogens is 1. The smallest absolute Gasteiger partial charge is 0.269 e. The molecule has 30 heavy (non-hydrogen) atoms. The number of carbonyl (C=O) groups is 1. The minimum Gasteiger partial charge on any atom is -0.368 e. The number of pyridine rings is 1. The largest absolute Gasteiger partial charge is 0.368 e. The maximum atomic E-state index is 14.5. The molecular weight excluding hydrogens is 387 g/mol. The molecule has 1 amide bonds. The lowest BCUT2D eigenvalue weighted by atomic mass is 10.1. The molecule has 2 aromatic heterocycles. The third-order valence-corrected chi connectivity index (χ3v) is 5.33. The Bertz CT molecular complexity index is 1140. The summed E-state index contributed by atoms with van der Waals surface area (Å²) in [6.07, 6.45) is 1.71. The third-order valence-electron chi connectivity index (χ3n) is 5.33. The number of hydrogen-bond donors (Lipinski definition) is 2. The average molecular weight is 410 g/mol. The van der Waals surface area contributed by atoms with Gasteiger partial charge in [0, 0.05) is 39.8 Å². The summed E-state index contributed by atoms with van der Waals surface area (Å²) in [4.78, 5) is 38.9. The Morgan fingerprint density at radius 2 is 2.00 bits per heavy atom. The quantitative estimate of drug-likeness (QED) is 0.676. The molecule has 156 valence electrons. The van der Waals surface area contributed by atoms with Gasteiger partial charge in [0.1, 0.15) is 16.9 Å². The lowest BCUT2D eigenvalue weighted by molar-refractivity contribution is 0.0958. The zero-order valence-corrected chi connectivity index (χ0v) is 16.9. The van der Waals surface area contributed by atoms with E-state index in [0.29, 0.717) is 17.8 Å². The van der Waals surface area contributed by atoms with E-state index in [1.165, 1.54) is 6.07 Å². The van der Waals surface area contributed by atoms with E-state index < -0.39 is 5.82 Å². The van der Waals surface area contributed by atoms with Gasteiger partial charge in [0.15, 0.2) is 5.82 Å². The molecule has 2 N–H and O–H groups in total. The molecule has 0 aliphatic carbocycles. The van der Waals surface area contributed by atoms with Crippen molar-refractivity contribution in [3.63, 3.8) is 0 Å². The van der Waals surface area contributed by atoms with E-state index in [0.717, 1.165) is 37.4 Å². The number of fused-ring (bicyclic) bond motifs is 1. The van der Waals surface area contributed by atoms with Crippen molar-refractivity contribution in [1.29, 1.82) is 0 Å². The first kappa shape index (κ1) is 20.0. The van der Waals surface area contributed by atoms with Gasteiger partial charge in [-0.2, -0.15) is 0 Å². The minimum atomic E-state index is -0.428. The fourth-order valence-corrected chi connectivity index (χ4v) is 3.64. The van der Waals surface area contributed by atoms with Crippen molar-refractivity contribution in [2.24, 2.45) is 0 Å². The summed E-state index contributed by atoms with van der Waals surface area (Å²) >= 11 is 0. The Kier molecular flexibility index (Phi) is 5.45. The zero-order valence-electron chi connectivity index (χ0n) is 16.9. The van der Waals surface area contributed by atoms with Gasteiger partial charge >= 0.3 is 0 Å². The first-order valence-corrected chi connectivity index (χ1v) is 9.79. The molecule has 0 saturated carbocycles. The minimum absolute atomic E-state index is 0.188. The van der Waals surface area contributed by atoms with E-state index in [1.54, 1.807) is 32.3 Å². The Morgan fingerprint density at radius 3 is 2.67 bits per heavy atom. The molecule has 0 spiro atoms. The van der Waals surface area contributed by atoms with Gasteiger partial charge < -0.3 is 15.2 Å². The normalized spacial score (nSPS) is 14.8. The molecule has 4 rings (SSSR count). The second kappa shape index (κ2) is 8.19. The topological polar surface area (TPSA) is 94.2 Å². The monoisotopic (exact) mass is 410 g/mol. The molecule has 1 aliphatic rings. The van der Waals surface area contributed by atoms with Crippen LogP contribution in [0.2, 0.25) is 0 Å². The van der Waals surface area contributed by atoms with E-state index >= 15 is 0 Å². The Labute approximate surface area is 172 Å². The van der Waals surface area contributed by atoms with Crippen LogP contribution >= 0.6 is 0 Å². The zero-order chi connectivity index (χ0) is 21.3. The summed E-state index contributed by atoms with van der Waals surface area (Å²) in [5, 5.41) is 2.56. The predicted octanol–water partition coefficient (Wildman–Crippen LogP) is 1.45. The van der Waals surface area contributed by atoms with Gasteiger partial charge in [0.2, 0.25) is 0 Å². The van der Waals surface area contributed by atoms with Crippen LogP contribution in [0.5, 0.6) is 0 Å². The van der Waals surface area contributed by atoms with Crippen LogP contribution in [0.3, 0.4) is 0 Å². The number of hydrogen-bond acceptors (Lipinski definition) is 6. The molecule has 3 heterocycles. The van der Waals surface area contributed by atoms with Crippen molar-refractivity contribution in [3.8, 4) is 0 Å². The molecule has 8 nitrogen and oxygen atoms in total. The highest BCUT2D eigenvalue weighted by atomic mass is 19.1. The van der Waals surface area contributed by atoms with Crippen molar-refractivity contribution < 1.29 is 9.18 Å². The van der Waals surface area contributed by atoms with Gasteiger partial charge in [-0.3, -0.25) is 14.5 Å². The third kappa shape index (κ3) is 4.02. The van der Waals surface area contributed by atoms with Crippen molar-refractivity contribution >= 4 is 22.6 Å². The maximum Gasteiger partial charge on any atom is 0.269 e. The number of carbonyl (C=O) groups excluding carboxylic acids is 1. The highest BCUT2D eigenvalue weighted by Gasteiger charge is 2.19. The first-order chi connectivity index (χ1) is 14.4. The Hall–Kier alpha value is -3.33. The molecular formula is C21H23FN6O2. The molecule has 1 aliphatic heterocycles. The van der Waals surface area contributed by atoms with E-state index in [4.69, 9.17) is 0 Å². The molecule has 1 fully saturated rings. The SMILES string of the molecule is CNC(=O)c1ccc(N2CCN(Cc3cc(F)c4nc(C)c(=O)[nH]c4c3)CC2)cn1. The van der Waals surface area contributed by atoms with Crippen molar-refractivity contribution in [1.82, 2.24) is 25.2 Å². The number of amides is 1. The number of piperazine rings is 1. The highest BCUT2D eigenvalue weighted by Crippen LogP contribution is 2.20. The van der Waals surface area contributed by atoms with Crippen LogP contribution < -0.4 is 15.8 Å². The number of aromatic nitrogens is 3. The van der Waals surface area contributed by atoms with Gasteiger partial charge in [0.05, 0.1) is 17.4 Å². The highest BCUT2D eigenvalue weighted by molar-refractivity contribution is 5.92. The van der Waals surface area contributed by atoms with Gasteiger partial charge in [0.25, 0.3) is 11.5 Å². The first-order valence-electron chi connectivity index (χ1n) is 9.79.